The van der Waals surface area contributed by atoms with Gasteiger partial charge in [0.2, 0.25) is 10.0 Å². The minimum atomic E-state index is -3.45. The average Bonchev–Trinajstić information content (AvgIpc) is 2.28. The molecule has 0 aliphatic carbocycles. The fourth-order valence-electron chi connectivity index (χ4n) is 1.34. The number of rotatable bonds is 6. The highest BCUT2D eigenvalue weighted by atomic mass is 32.2. The van der Waals surface area contributed by atoms with Crippen LogP contribution in [0.2, 0.25) is 0 Å². The molecule has 0 unspecified atom stereocenters. The molecule has 1 rings (SSSR count). The Morgan fingerprint density at radius 3 is 2.61 bits per heavy atom. The van der Waals surface area contributed by atoms with Gasteiger partial charge in [0.25, 0.3) is 0 Å². The highest BCUT2D eigenvalue weighted by molar-refractivity contribution is 7.89. The SMILES string of the molecule is CN(C)S(=O)(=O)c1cccc(CNCC(=O)O)c1. The zero-order valence-corrected chi connectivity index (χ0v) is 11.1. The van der Waals surface area contributed by atoms with E-state index in [0.717, 1.165) is 9.87 Å². The van der Waals surface area contributed by atoms with Crippen LogP contribution in [0.4, 0.5) is 0 Å². The molecule has 0 saturated heterocycles. The molecule has 0 fully saturated rings. The van der Waals surface area contributed by atoms with Crippen molar-refractivity contribution in [3.8, 4) is 0 Å². The molecular weight excluding hydrogens is 256 g/mol. The molecule has 0 spiro atoms. The summed E-state index contributed by atoms with van der Waals surface area (Å²) in [6.07, 6.45) is 0. The number of nitrogens with one attached hydrogen (secondary N) is 1. The highest BCUT2D eigenvalue weighted by Gasteiger charge is 2.16. The molecule has 0 atom stereocenters. The molecule has 0 aromatic heterocycles. The lowest BCUT2D eigenvalue weighted by atomic mass is 10.2. The van der Waals surface area contributed by atoms with Crippen LogP contribution in [0.5, 0.6) is 0 Å². The van der Waals surface area contributed by atoms with Crippen LogP contribution in [0.3, 0.4) is 0 Å². The van der Waals surface area contributed by atoms with E-state index in [0.29, 0.717) is 6.54 Å². The van der Waals surface area contributed by atoms with E-state index in [2.05, 4.69) is 5.32 Å². The first-order valence-electron chi connectivity index (χ1n) is 5.28. The van der Waals surface area contributed by atoms with Gasteiger partial charge in [-0.2, -0.15) is 0 Å². The third-order valence-electron chi connectivity index (χ3n) is 2.28. The van der Waals surface area contributed by atoms with Crippen molar-refractivity contribution in [2.24, 2.45) is 0 Å². The molecule has 0 aliphatic heterocycles. The second-order valence-electron chi connectivity index (χ2n) is 3.93. The van der Waals surface area contributed by atoms with Gasteiger partial charge >= 0.3 is 5.97 Å². The van der Waals surface area contributed by atoms with Crippen molar-refractivity contribution >= 4 is 16.0 Å². The largest absolute Gasteiger partial charge is 0.480 e. The summed E-state index contributed by atoms with van der Waals surface area (Å²) in [6.45, 7) is 0.147. The number of carbonyl (C=O) groups is 1. The number of aliphatic carboxylic acids is 1. The monoisotopic (exact) mass is 272 g/mol. The van der Waals surface area contributed by atoms with E-state index in [1.807, 2.05) is 0 Å². The molecule has 2 N–H and O–H groups in total. The molecular formula is C11H16N2O4S. The Morgan fingerprint density at radius 2 is 2.06 bits per heavy atom. The van der Waals surface area contributed by atoms with Gasteiger partial charge in [-0.15, -0.1) is 0 Å². The van der Waals surface area contributed by atoms with Crippen LogP contribution in [0.15, 0.2) is 29.2 Å². The van der Waals surface area contributed by atoms with E-state index >= 15 is 0 Å². The van der Waals surface area contributed by atoms with Gasteiger partial charge in [-0.05, 0) is 17.7 Å². The predicted molar refractivity (Wildman–Crippen MR) is 66.7 cm³/mol. The molecule has 7 heteroatoms. The van der Waals surface area contributed by atoms with E-state index in [1.165, 1.54) is 26.2 Å². The Bertz CT molecular complexity index is 526. The maximum absolute atomic E-state index is 11.9. The maximum Gasteiger partial charge on any atom is 0.317 e. The van der Waals surface area contributed by atoms with Crippen LogP contribution in [0.1, 0.15) is 5.56 Å². The first kappa shape index (κ1) is 14.6. The first-order valence-corrected chi connectivity index (χ1v) is 6.72. The molecule has 6 nitrogen and oxygen atoms in total. The number of hydrogen-bond acceptors (Lipinski definition) is 4. The topological polar surface area (TPSA) is 86.7 Å². The Hall–Kier alpha value is -1.44. The highest BCUT2D eigenvalue weighted by Crippen LogP contribution is 2.14. The second kappa shape index (κ2) is 5.94. The van der Waals surface area contributed by atoms with E-state index in [4.69, 9.17) is 5.11 Å². The molecule has 18 heavy (non-hydrogen) atoms. The van der Waals surface area contributed by atoms with Crippen LogP contribution >= 0.6 is 0 Å². The molecule has 0 radical (unpaired) electrons. The number of carboxylic acid groups (broad SMARTS) is 1. The number of hydrogen-bond donors (Lipinski definition) is 2. The number of nitrogens with zero attached hydrogens (tertiary/aromatic N) is 1. The number of sulfonamides is 1. The summed E-state index contributed by atoms with van der Waals surface area (Å²) in [4.78, 5) is 10.5. The third-order valence-corrected chi connectivity index (χ3v) is 4.09. The molecule has 1 aromatic rings. The van der Waals surface area contributed by atoms with Gasteiger partial charge in [0, 0.05) is 20.6 Å². The molecule has 0 bridgehead atoms. The average molecular weight is 272 g/mol. The summed E-state index contributed by atoms with van der Waals surface area (Å²) in [7, 11) is -0.526. The lowest BCUT2D eigenvalue weighted by molar-refractivity contribution is -0.135. The molecule has 0 saturated carbocycles. The molecule has 0 amide bonds. The van der Waals surface area contributed by atoms with Crippen LogP contribution < -0.4 is 5.32 Å². The van der Waals surface area contributed by atoms with Crippen molar-refractivity contribution < 1.29 is 18.3 Å². The standard InChI is InChI=1S/C11H16N2O4S/c1-13(2)18(16,17)10-5-3-4-9(6-10)7-12-8-11(14)15/h3-6,12H,7-8H2,1-2H3,(H,14,15). The molecule has 0 heterocycles. The van der Waals surface area contributed by atoms with Gasteiger partial charge in [-0.3, -0.25) is 4.79 Å². The number of benzene rings is 1. The quantitative estimate of drug-likeness (QED) is 0.767. The predicted octanol–water partition coefficient (Wildman–Crippen LogP) is 0.111. The van der Waals surface area contributed by atoms with Gasteiger partial charge in [-0.1, -0.05) is 12.1 Å². The van der Waals surface area contributed by atoms with Gasteiger partial charge < -0.3 is 10.4 Å². The lowest BCUT2D eigenvalue weighted by Gasteiger charge is -2.12. The van der Waals surface area contributed by atoms with Gasteiger partial charge in [-0.25, -0.2) is 12.7 Å². The van der Waals surface area contributed by atoms with Crippen molar-refractivity contribution in [3.63, 3.8) is 0 Å². The summed E-state index contributed by atoms with van der Waals surface area (Å²) in [5.74, 6) is -0.952. The van der Waals surface area contributed by atoms with E-state index in [9.17, 15) is 13.2 Å². The maximum atomic E-state index is 11.9. The Labute approximate surface area is 106 Å². The Morgan fingerprint density at radius 1 is 1.39 bits per heavy atom. The fourth-order valence-corrected chi connectivity index (χ4v) is 2.31. The van der Waals surface area contributed by atoms with Crippen molar-refractivity contribution in [1.82, 2.24) is 9.62 Å². The van der Waals surface area contributed by atoms with Crippen LogP contribution in [-0.2, 0) is 21.4 Å². The molecule has 0 aliphatic rings. The van der Waals surface area contributed by atoms with Crippen molar-refractivity contribution in [2.45, 2.75) is 11.4 Å². The minimum absolute atomic E-state index is 0.162. The van der Waals surface area contributed by atoms with E-state index < -0.39 is 16.0 Å². The smallest absolute Gasteiger partial charge is 0.317 e. The number of carboxylic acids is 1. The molecule has 1 aromatic carbocycles. The zero-order chi connectivity index (χ0) is 13.8. The second-order valence-corrected chi connectivity index (χ2v) is 6.08. The van der Waals surface area contributed by atoms with Crippen molar-refractivity contribution in [1.29, 1.82) is 0 Å². The summed E-state index contributed by atoms with van der Waals surface area (Å²) < 4.78 is 24.9. The van der Waals surface area contributed by atoms with E-state index in [1.54, 1.807) is 12.1 Å². The van der Waals surface area contributed by atoms with Gasteiger partial charge in [0.05, 0.1) is 11.4 Å². The summed E-state index contributed by atoms with van der Waals surface area (Å²) >= 11 is 0. The van der Waals surface area contributed by atoms with E-state index in [-0.39, 0.29) is 11.4 Å². The summed E-state index contributed by atoms with van der Waals surface area (Å²) in [5, 5.41) is 11.2. The summed E-state index contributed by atoms with van der Waals surface area (Å²) in [5.41, 5.74) is 0.721. The minimum Gasteiger partial charge on any atom is -0.480 e. The summed E-state index contributed by atoms with van der Waals surface area (Å²) in [6, 6.07) is 6.41. The van der Waals surface area contributed by atoms with Crippen LogP contribution in [0.25, 0.3) is 0 Å². The molecule has 100 valence electrons. The zero-order valence-electron chi connectivity index (χ0n) is 10.3. The third kappa shape index (κ3) is 3.80. The van der Waals surface area contributed by atoms with Crippen molar-refractivity contribution in [3.05, 3.63) is 29.8 Å². The van der Waals surface area contributed by atoms with Crippen molar-refractivity contribution in [2.75, 3.05) is 20.6 Å². The Balaban J connectivity index is 2.83. The van der Waals surface area contributed by atoms with Gasteiger partial charge in [0.1, 0.15) is 0 Å². The van der Waals surface area contributed by atoms with Crippen LogP contribution in [0, 0.1) is 0 Å². The Kier molecular flexibility index (Phi) is 4.83. The normalized spacial score (nSPS) is 11.7. The fraction of sp³-hybridized carbons (Fsp3) is 0.364. The van der Waals surface area contributed by atoms with Crippen LogP contribution in [-0.4, -0.2) is 44.4 Å². The first-order chi connectivity index (χ1) is 8.34. The lowest BCUT2D eigenvalue weighted by Crippen LogP contribution is -2.23. The van der Waals surface area contributed by atoms with Gasteiger partial charge in [0.15, 0.2) is 0 Å².